The van der Waals surface area contributed by atoms with E-state index in [0.717, 1.165) is 25.7 Å². The minimum Gasteiger partial charge on any atom is -0.324 e. The summed E-state index contributed by atoms with van der Waals surface area (Å²) < 4.78 is 13.5. The zero-order chi connectivity index (χ0) is 16.4. The average molecular weight is 318 g/mol. The van der Waals surface area contributed by atoms with Crippen LogP contribution in [0.1, 0.15) is 32.1 Å². The van der Waals surface area contributed by atoms with Crippen molar-refractivity contribution in [1.82, 2.24) is 4.90 Å². The maximum Gasteiger partial charge on any atom is 0.233 e. The number of anilines is 1. The van der Waals surface area contributed by atoms with E-state index in [4.69, 9.17) is 0 Å². The lowest BCUT2D eigenvalue weighted by Gasteiger charge is -2.19. The predicted octanol–water partition coefficient (Wildman–Crippen LogP) is 2.33. The number of hydrogen-bond donors (Lipinski definition) is 1. The Morgan fingerprint density at radius 1 is 1.13 bits per heavy atom. The van der Waals surface area contributed by atoms with Crippen LogP contribution in [-0.2, 0) is 14.4 Å². The quantitative estimate of drug-likeness (QED) is 0.867. The number of rotatable bonds is 4. The first-order valence-corrected chi connectivity index (χ1v) is 7.97. The van der Waals surface area contributed by atoms with Crippen LogP contribution in [0.5, 0.6) is 0 Å². The summed E-state index contributed by atoms with van der Waals surface area (Å²) in [5.74, 6) is -1.64. The molecule has 2 atom stereocenters. The van der Waals surface area contributed by atoms with Gasteiger partial charge in [0, 0.05) is 13.0 Å². The summed E-state index contributed by atoms with van der Waals surface area (Å²) in [6.07, 6.45) is 3.44. The van der Waals surface area contributed by atoms with Gasteiger partial charge in [-0.05, 0) is 25.0 Å². The summed E-state index contributed by atoms with van der Waals surface area (Å²) in [6.45, 7) is 0.0605. The van der Waals surface area contributed by atoms with Crippen molar-refractivity contribution >= 4 is 23.4 Å². The van der Waals surface area contributed by atoms with Crippen molar-refractivity contribution in [2.75, 3.05) is 11.9 Å². The molecule has 0 radical (unpaired) electrons. The number of nitrogens with one attached hydrogen (secondary N) is 1. The second kappa shape index (κ2) is 6.48. The molecule has 23 heavy (non-hydrogen) atoms. The number of carbonyl (C=O) groups is 3. The molecule has 2 fully saturated rings. The number of nitrogens with zero attached hydrogens (tertiary/aromatic N) is 1. The molecule has 1 aromatic rings. The zero-order valence-corrected chi connectivity index (χ0v) is 12.8. The van der Waals surface area contributed by atoms with Gasteiger partial charge in [0.05, 0.1) is 17.5 Å². The smallest absolute Gasteiger partial charge is 0.233 e. The monoisotopic (exact) mass is 318 g/mol. The van der Waals surface area contributed by atoms with Gasteiger partial charge >= 0.3 is 0 Å². The highest BCUT2D eigenvalue weighted by Gasteiger charge is 2.47. The molecule has 1 N–H and O–H groups in total. The molecule has 1 saturated heterocycles. The standard InChI is InChI=1S/C17H19FN2O3/c18-13-7-3-4-8-14(13)19-15(21)9-10-20-16(22)11-5-1-2-6-12(11)17(20)23/h3-4,7-8,11-12H,1-2,5-6,9-10H2,(H,19,21)/t11-,12+. The second-order valence-electron chi connectivity index (χ2n) is 6.10. The van der Waals surface area contributed by atoms with Gasteiger partial charge in [-0.3, -0.25) is 19.3 Å². The highest BCUT2D eigenvalue weighted by atomic mass is 19.1. The van der Waals surface area contributed by atoms with Crippen molar-refractivity contribution < 1.29 is 18.8 Å². The molecule has 1 aliphatic carbocycles. The first-order valence-electron chi connectivity index (χ1n) is 7.97. The lowest BCUT2D eigenvalue weighted by molar-refractivity contribution is -0.140. The first kappa shape index (κ1) is 15.6. The topological polar surface area (TPSA) is 66.5 Å². The van der Waals surface area contributed by atoms with Crippen LogP contribution in [0.3, 0.4) is 0 Å². The molecule has 1 heterocycles. The van der Waals surface area contributed by atoms with Crippen molar-refractivity contribution in [3.63, 3.8) is 0 Å². The Morgan fingerprint density at radius 3 is 2.35 bits per heavy atom. The predicted molar refractivity (Wildman–Crippen MR) is 81.8 cm³/mol. The number of hydrogen-bond acceptors (Lipinski definition) is 3. The third kappa shape index (κ3) is 3.11. The fraction of sp³-hybridized carbons (Fsp3) is 0.471. The van der Waals surface area contributed by atoms with Crippen molar-refractivity contribution in [3.05, 3.63) is 30.1 Å². The summed E-state index contributed by atoms with van der Waals surface area (Å²) in [7, 11) is 0. The highest BCUT2D eigenvalue weighted by molar-refractivity contribution is 6.05. The molecular weight excluding hydrogens is 299 g/mol. The van der Waals surface area contributed by atoms with E-state index in [0.29, 0.717) is 0 Å². The second-order valence-corrected chi connectivity index (χ2v) is 6.10. The summed E-state index contributed by atoms with van der Waals surface area (Å²) >= 11 is 0. The van der Waals surface area contributed by atoms with Gasteiger partial charge in [-0.15, -0.1) is 0 Å². The third-order valence-corrected chi connectivity index (χ3v) is 4.64. The van der Waals surface area contributed by atoms with Crippen LogP contribution >= 0.6 is 0 Å². The fourth-order valence-electron chi connectivity index (χ4n) is 3.44. The molecule has 1 saturated carbocycles. The van der Waals surface area contributed by atoms with Crippen LogP contribution in [0.4, 0.5) is 10.1 Å². The summed E-state index contributed by atoms with van der Waals surface area (Å²) in [6, 6.07) is 5.88. The molecule has 0 bridgehead atoms. The van der Waals surface area contributed by atoms with E-state index >= 15 is 0 Å². The van der Waals surface area contributed by atoms with Gasteiger partial charge in [-0.1, -0.05) is 25.0 Å². The molecular formula is C17H19FN2O3. The number of benzene rings is 1. The van der Waals surface area contributed by atoms with Crippen LogP contribution < -0.4 is 5.32 Å². The van der Waals surface area contributed by atoms with E-state index in [1.807, 2.05) is 0 Å². The molecule has 0 spiro atoms. The maximum absolute atomic E-state index is 13.5. The van der Waals surface area contributed by atoms with Crippen LogP contribution in [-0.4, -0.2) is 29.2 Å². The number of amides is 3. The van der Waals surface area contributed by atoms with E-state index in [1.54, 1.807) is 6.07 Å². The van der Waals surface area contributed by atoms with E-state index in [-0.39, 0.29) is 42.3 Å². The van der Waals surface area contributed by atoms with Crippen LogP contribution in [0.2, 0.25) is 0 Å². The fourth-order valence-corrected chi connectivity index (χ4v) is 3.44. The van der Waals surface area contributed by atoms with Crippen LogP contribution in [0.25, 0.3) is 0 Å². The van der Waals surface area contributed by atoms with Crippen molar-refractivity contribution in [3.8, 4) is 0 Å². The van der Waals surface area contributed by atoms with Crippen LogP contribution in [0, 0.1) is 17.7 Å². The Kier molecular flexibility index (Phi) is 4.41. The number of carbonyl (C=O) groups excluding carboxylic acids is 3. The Hall–Kier alpha value is -2.24. The number of fused-ring (bicyclic) bond motifs is 1. The van der Waals surface area contributed by atoms with Gasteiger partial charge in [0.2, 0.25) is 17.7 Å². The van der Waals surface area contributed by atoms with Gasteiger partial charge in [-0.2, -0.15) is 0 Å². The normalized spacial score (nSPS) is 23.8. The minimum atomic E-state index is -0.514. The average Bonchev–Trinajstić information content (AvgIpc) is 2.80. The lowest BCUT2D eigenvalue weighted by Crippen LogP contribution is -2.34. The van der Waals surface area contributed by atoms with Gasteiger partial charge in [0.15, 0.2) is 0 Å². The Morgan fingerprint density at radius 2 is 1.74 bits per heavy atom. The Labute approximate surface area is 133 Å². The Balaban J connectivity index is 1.58. The SMILES string of the molecule is O=C(CCN1C(=O)[C@H]2CCCC[C@H]2C1=O)Nc1ccccc1F. The summed E-state index contributed by atoms with van der Waals surface area (Å²) in [5.41, 5.74) is 0.102. The van der Waals surface area contributed by atoms with Crippen molar-refractivity contribution in [1.29, 1.82) is 0 Å². The van der Waals surface area contributed by atoms with Crippen LogP contribution in [0.15, 0.2) is 24.3 Å². The molecule has 6 heteroatoms. The number of para-hydroxylation sites is 1. The van der Waals surface area contributed by atoms with E-state index in [2.05, 4.69) is 5.32 Å². The maximum atomic E-state index is 13.5. The van der Waals surface area contributed by atoms with E-state index in [1.165, 1.54) is 23.1 Å². The molecule has 3 amide bonds. The number of imide groups is 1. The molecule has 0 unspecified atom stereocenters. The van der Waals surface area contributed by atoms with E-state index < -0.39 is 11.7 Å². The zero-order valence-electron chi connectivity index (χ0n) is 12.8. The van der Waals surface area contributed by atoms with Crippen molar-refractivity contribution in [2.24, 2.45) is 11.8 Å². The van der Waals surface area contributed by atoms with Gasteiger partial charge in [-0.25, -0.2) is 4.39 Å². The minimum absolute atomic E-state index is 0.0226. The van der Waals surface area contributed by atoms with Gasteiger partial charge in [0.25, 0.3) is 0 Å². The van der Waals surface area contributed by atoms with Gasteiger partial charge < -0.3 is 5.32 Å². The number of halogens is 1. The molecule has 5 nitrogen and oxygen atoms in total. The molecule has 0 aromatic heterocycles. The Bertz CT molecular complexity index is 622. The summed E-state index contributed by atoms with van der Waals surface area (Å²) in [4.78, 5) is 37.7. The van der Waals surface area contributed by atoms with Crippen molar-refractivity contribution in [2.45, 2.75) is 32.1 Å². The first-order chi connectivity index (χ1) is 11.1. The van der Waals surface area contributed by atoms with E-state index in [9.17, 15) is 18.8 Å². The molecule has 1 aliphatic heterocycles. The summed E-state index contributed by atoms with van der Waals surface area (Å²) in [5, 5.41) is 2.46. The molecule has 2 aliphatic rings. The molecule has 122 valence electrons. The van der Waals surface area contributed by atoms with Gasteiger partial charge in [0.1, 0.15) is 5.82 Å². The lowest BCUT2D eigenvalue weighted by atomic mass is 9.81. The largest absolute Gasteiger partial charge is 0.324 e. The highest BCUT2D eigenvalue weighted by Crippen LogP contribution is 2.37. The molecule has 1 aromatic carbocycles. The number of likely N-dealkylation sites (tertiary alicyclic amines) is 1. The third-order valence-electron chi connectivity index (χ3n) is 4.64. The molecule has 3 rings (SSSR count).